The van der Waals surface area contributed by atoms with Gasteiger partial charge in [-0.2, -0.15) is 10.4 Å². The minimum Gasteiger partial charge on any atom is -0.329 e. The van der Waals surface area contributed by atoms with Crippen LogP contribution < -0.4 is 20.9 Å². The third-order valence-corrected chi connectivity index (χ3v) is 11.8. The minimum absolute atomic E-state index is 0. The number of urea groups is 2. The molecule has 9 rings (SSSR count). The van der Waals surface area contributed by atoms with Gasteiger partial charge >= 0.3 is 12.1 Å². The van der Waals surface area contributed by atoms with Gasteiger partial charge in [0.2, 0.25) is 5.13 Å². The molecule has 4 amide bonds. The Morgan fingerprint density at radius 3 is 2.32 bits per heavy atom. The summed E-state index contributed by atoms with van der Waals surface area (Å²) in [6.45, 7) is 3.20. The summed E-state index contributed by atoms with van der Waals surface area (Å²) in [5.41, 5.74) is 10.3. The largest absolute Gasteiger partial charge is 0.329 e. The molecule has 0 unspecified atom stereocenters. The Morgan fingerprint density at radius 2 is 1.65 bits per heavy atom. The van der Waals surface area contributed by atoms with Crippen molar-refractivity contribution < 1.29 is 14.4 Å². The van der Waals surface area contributed by atoms with Gasteiger partial charge in [0, 0.05) is 85.9 Å². The Kier molecular flexibility index (Phi) is 13.9. The predicted molar refractivity (Wildman–Crippen MR) is 237 cm³/mol. The van der Waals surface area contributed by atoms with Crippen molar-refractivity contribution >= 4 is 104 Å². The van der Waals surface area contributed by atoms with Crippen LogP contribution in [0.1, 0.15) is 28.9 Å². The Balaban J connectivity index is 0.000000165. The number of thioether (sulfide) groups is 1. The first-order valence-corrected chi connectivity index (χ1v) is 20.3. The maximum atomic E-state index is 12.2. The number of carbonyl (C=O) groups excluding carboxylic acids is 3. The number of aliphatic imine (C=N–C) groups is 1. The highest BCUT2D eigenvalue weighted by Crippen LogP contribution is 2.36. The summed E-state index contributed by atoms with van der Waals surface area (Å²) in [4.78, 5) is 55.3. The van der Waals surface area contributed by atoms with E-state index in [1.807, 2.05) is 41.8 Å². The topological polar surface area (TPSA) is 219 Å². The van der Waals surface area contributed by atoms with Gasteiger partial charge in [-0.1, -0.05) is 48.0 Å². The third-order valence-electron chi connectivity index (χ3n) is 9.33. The number of nitrogens with two attached hydrogens (primary N) is 1. The summed E-state index contributed by atoms with van der Waals surface area (Å²) in [5.74, 6) is 0.947. The molecule has 2 fully saturated rings. The van der Waals surface area contributed by atoms with Crippen molar-refractivity contribution in [2.24, 2.45) is 10.7 Å². The molecule has 0 spiro atoms. The number of anilines is 4. The Hall–Kier alpha value is -6.17. The lowest BCUT2D eigenvalue weighted by Gasteiger charge is -2.15. The summed E-state index contributed by atoms with van der Waals surface area (Å²) in [5, 5.41) is 32.5. The van der Waals surface area contributed by atoms with Crippen LogP contribution in [0.15, 0.2) is 77.0 Å². The molecule has 0 radical (unpaired) electrons. The number of fused-ring (bicyclic) bond motifs is 2. The number of ketones is 1. The van der Waals surface area contributed by atoms with E-state index in [1.165, 1.54) is 17.5 Å². The number of likely N-dealkylation sites (N-methyl/N-ethyl adjacent to an activating group) is 2. The highest BCUT2D eigenvalue weighted by molar-refractivity contribution is 8.03. The standard InChI is InChI=1S/C18H15ClN8OS.C11H14N4O2.C9H5ClN2S.CH4/c1-26-6-7-27(18(26)28)14-8-10(4-5-20-14)16-24-25-17(29-16)22-13-3-2-12-11(15(13)19)9-21-23-12;1-14-4-5-15(11(14)17)10-6-8(2-3-13-10)9(16)7-12;10-9-7-4-12-3-6(7)1-2-8(9)13-5-11;/h2-5,8-9H,6-7H2,1H3,(H,21,23)(H,22,25);2-3,6H,4-5,7,12H2,1H3;1-2,4H,3H2;1H4. The van der Waals surface area contributed by atoms with Crippen molar-refractivity contribution in [3.63, 3.8) is 0 Å². The SMILES string of the molecule is C.CN1CCN(c2cc(-c3nnc(Nc4ccc5[nH]ncc5c4Cl)s3)ccn2)C1=O.CN1CCN(c2cc(C(=O)CN)ccn2)C1=O.N#CSc1ccc2c(c1Cl)C=NC2. The summed E-state index contributed by atoms with van der Waals surface area (Å²) < 4.78 is 0. The number of nitrogens with zero attached hydrogens (tertiary/aromatic N) is 11. The first kappa shape index (κ1) is 43.4. The zero-order valence-electron chi connectivity index (χ0n) is 31.5. The molecule has 2 saturated heterocycles. The number of nitrogens with one attached hydrogen (secondary N) is 2. The summed E-state index contributed by atoms with van der Waals surface area (Å²) in [6.07, 6.45) is 6.64. The van der Waals surface area contributed by atoms with Gasteiger partial charge in [-0.15, -0.1) is 10.2 Å². The van der Waals surface area contributed by atoms with Crippen molar-refractivity contribution in [3.8, 4) is 16.0 Å². The zero-order chi connectivity index (χ0) is 41.6. The predicted octanol–water partition coefficient (Wildman–Crippen LogP) is 7.32. The van der Waals surface area contributed by atoms with E-state index in [2.05, 4.69) is 40.7 Å². The number of aromatic amines is 1. The van der Waals surface area contributed by atoms with Crippen molar-refractivity contribution in [1.82, 2.24) is 40.2 Å². The molecule has 6 aromatic rings. The number of nitriles is 1. The number of H-pyrrole nitrogens is 1. The number of rotatable bonds is 8. The molecule has 60 heavy (non-hydrogen) atoms. The number of aromatic nitrogens is 6. The van der Waals surface area contributed by atoms with Gasteiger partial charge in [0.25, 0.3) is 0 Å². The number of carbonyl (C=O) groups is 3. The number of hydrogen-bond acceptors (Lipinski definition) is 14. The molecule has 4 N–H and O–H groups in total. The number of hydrogen-bond donors (Lipinski definition) is 3. The molecule has 21 heteroatoms. The fourth-order valence-electron chi connectivity index (χ4n) is 6.11. The number of benzene rings is 2. The van der Waals surface area contributed by atoms with E-state index in [1.54, 1.807) is 64.4 Å². The van der Waals surface area contributed by atoms with Gasteiger partial charge in [-0.25, -0.2) is 19.6 Å². The number of thiocyanates is 1. The maximum absolute atomic E-state index is 12.2. The molecule has 0 bridgehead atoms. The average molecular weight is 886 g/mol. The van der Waals surface area contributed by atoms with Crippen LogP contribution in [0.25, 0.3) is 21.5 Å². The fraction of sp³-hybridized carbons (Fsp3) is 0.231. The third kappa shape index (κ3) is 9.33. The molecule has 0 aliphatic carbocycles. The molecule has 3 aliphatic heterocycles. The normalized spacial score (nSPS) is 14.0. The van der Waals surface area contributed by atoms with Crippen LogP contribution >= 0.6 is 46.3 Å². The summed E-state index contributed by atoms with van der Waals surface area (Å²) >= 11 is 15.0. The smallest absolute Gasteiger partial charge is 0.325 e. The molecular formula is C39H38Cl2N14O3S2. The Bertz CT molecular complexity index is 2630. The first-order chi connectivity index (χ1) is 28.6. The van der Waals surface area contributed by atoms with Gasteiger partial charge in [-0.3, -0.25) is 24.7 Å². The number of pyridine rings is 2. The van der Waals surface area contributed by atoms with E-state index < -0.39 is 0 Å². The zero-order valence-corrected chi connectivity index (χ0v) is 34.6. The number of amides is 4. The van der Waals surface area contributed by atoms with Crippen LogP contribution in [0.3, 0.4) is 0 Å². The fourth-order valence-corrected chi connectivity index (χ4v) is 7.91. The number of halogens is 2. The Labute approximate surface area is 363 Å². The lowest BCUT2D eigenvalue weighted by molar-refractivity contribution is 0.100. The van der Waals surface area contributed by atoms with Crippen molar-refractivity contribution in [1.29, 1.82) is 5.26 Å². The van der Waals surface area contributed by atoms with Crippen LogP contribution in [0, 0.1) is 10.7 Å². The minimum atomic E-state index is -0.159. The molecule has 17 nitrogen and oxygen atoms in total. The van der Waals surface area contributed by atoms with Gasteiger partial charge in [0.05, 0.1) is 40.5 Å². The molecule has 0 atom stereocenters. The molecule has 308 valence electrons. The Morgan fingerprint density at radius 1 is 0.950 bits per heavy atom. The van der Waals surface area contributed by atoms with E-state index >= 15 is 0 Å². The van der Waals surface area contributed by atoms with Crippen LogP contribution in [0.5, 0.6) is 0 Å². The van der Waals surface area contributed by atoms with Gasteiger partial charge in [0.1, 0.15) is 22.0 Å². The molecule has 2 aromatic carbocycles. The van der Waals surface area contributed by atoms with Crippen LogP contribution in [-0.4, -0.2) is 111 Å². The van der Waals surface area contributed by atoms with Crippen molar-refractivity contribution in [3.05, 3.63) is 93.9 Å². The lowest BCUT2D eigenvalue weighted by atomic mass is 10.1. The van der Waals surface area contributed by atoms with Crippen LogP contribution in [0.2, 0.25) is 10.0 Å². The second kappa shape index (κ2) is 19.3. The van der Waals surface area contributed by atoms with Gasteiger partial charge in [0.15, 0.2) is 5.78 Å². The maximum Gasteiger partial charge on any atom is 0.325 e. The second-order valence-corrected chi connectivity index (χ2v) is 15.6. The van der Waals surface area contributed by atoms with Crippen molar-refractivity contribution in [2.75, 3.05) is 61.9 Å². The van der Waals surface area contributed by atoms with E-state index in [0.29, 0.717) is 65.1 Å². The lowest BCUT2D eigenvalue weighted by Crippen LogP contribution is -2.30. The van der Waals surface area contributed by atoms with Crippen LogP contribution in [-0.2, 0) is 6.54 Å². The van der Waals surface area contributed by atoms with E-state index in [9.17, 15) is 14.4 Å². The summed E-state index contributed by atoms with van der Waals surface area (Å²) in [6, 6.07) is 14.3. The molecule has 3 aliphatic rings. The molecule has 7 heterocycles. The van der Waals surface area contributed by atoms with Crippen LogP contribution in [0.4, 0.5) is 32.0 Å². The monoisotopic (exact) mass is 884 g/mol. The average Bonchev–Trinajstić information content (AvgIpc) is 4.12. The molecule has 4 aromatic heterocycles. The summed E-state index contributed by atoms with van der Waals surface area (Å²) in [7, 11) is 3.51. The quantitative estimate of drug-likeness (QED) is 0.0778. The van der Waals surface area contributed by atoms with E-state index in [4.69, 9.17) is 34.2 Å². The second-order valence-electron chi connectivity index (χ2n) is 13.1. The van der Waals surface area contributed by atoms with Gasteiger partial charge < -0.3 is 20.9 Å². The van der Waals surface area contributed by atoms with E-state index in [-0.39, 0.29) is 31.8 Å². The van der Waals surface area contributed by atoms with Gasteiger partial charge in [-0.05, 0) is 59.8 Å². The highest BCUT2D eigenvalue weighted by atomic mass is 35.5. The molecule has 0 saturated carbocycles. The first-order valence-electron chi connectivity index (χ1n) is 17.9. The van der Waals surface area contributed by atoms with E-state index in [0.717, 1.165) is 54.9 Å². The highest BCUT2D eigenvalue weighted by Gasteiger charge is 2.29. The van der Waals surface area contributed by atoms with Crippen molar-refractivity contribution in [2.45, 2.75) is 18.9 Å². The number of Topliss-reactive ketones (excluding diaryl/α,β-unsaturated/α-hetero) is 1. The molecular weight excluding hydrogens is 848 g/mol.